The standard InChI is InChI=1S/C3H4N2O2S.C3H4N2OS/c6-8(7)3-4-1-2-5-3;6-7-3-4-1-2-5-3/h1-2,4-5H;1-2,4-5H. The van der Waals surface area contributed by atoms with Gasteiger partial charge in [0.2, 0.25) is 9.54 Å². The van der Waals surface area contributed by atoms with Crippen LogP contribution in [0, 0.1) is 9.54 Å². The van der Waals surface area contributed by atoms with Crippen LogP contribution in [0.4, 0.5) is 0 Å². The highest BCUT2D eigenvalue weighted by Crippen LogP contribution is 1.71. The lowest BCUT2D eigenvalue weighted by Crippen LogP contribution is -1.67. The molecule has 0 radical (unpaired) electrons. The van der Waals surface area contributed by atoms with Crippen molar-refractivity contribution >= 4 is 21.5 Å². The summed E-state index contributed by atoms with van der Waals surface area (Å²) in [7, 11) is -2.16. The molecule has 0 saturated carbocycles. The number of imidazole rings is 2. The van der Waals surface area contributed by atoms with E-state index in [4.69, 9.17) is 0 Å². The third kappa shape index (κ3) is 3.87. The number of nitrogens with one attached hydrogen (secondary N) is 4. The molecule has 0 spiro atoms. The van der Waals surface area contributed by atoms with Crippen LogP contribution in [0.25, 0.3) is 0 Å². The molecule has 2 aromatic rings. The van der Waals surface area contributed by atoms with E-state index >= 15 is 0 Å². The zero-order chi connectivity index (χ0) is 11.1. The van der Waals surface area contributed by atoms with Gasteiger partial charge in [-0.25, -0.2) is 4.21 Å². The summed E-state index contributed by atoms with van der Waals surface area (Å²) in [5, 5.41) is 0. The van der Waals surface area contributed by atoms with E-state index in [1.54, 1.807) is 12.4 Å². The van der Waals surface area contributed by atoms with Crippen LogP contribution in [0.3, 0.4) is 0 Å². The Balaban J connectivity index is 0.000000151. The maximum absolute atomic E-state index is 10.00. The van der Waals surface area contributed by atoms with Crippen LogP contribution in [0.1, 0.15) is 0 Å². The van der Waals surface area contributed by atoms with Gasteiger partial charge in [-0.15, -0.1) is 0 Å². The summed E-state index contributed by atoms with van der Waals surface area (Å²) in [6.07, 6.45) is 6.34. The van der Waals surface area contributed by atoms with E-state index in [1.165, 1.54) is 12.4 Å². The molecule has 0 fully saturated rings. The molecular formula is C6H8N4O3S2. The number of H-pyrrole nitrogens is 4. The van der Waals surface area contributed by atoms with Gasteiger partial charge < -0.3 is 19.9 Å². The summed E-state index contributed by atoms with van der Waals surface area (Å²) in [4.78, 5) is 10.3. The molecule has 2 rings (SSSR count). The average molecular weight is 248 g/mol. The number of hydrogen-bond donors (Lipinski definition) is 4. The Morgan fingerprint density at radius 3 is 1.67 bits per heavy atom. The highest BCUT2D eigenvalue weighted by Gasteiger charge is 1.75. The topological polar surface area (TPSA) is 114 Å². The Kier molecular flexibility index (Phi) is 4.44. The van der Waals surface area contributed by atoms with Gasteiger partial charge in [-0.05, 0) is 0 Å². The van der Waals surface area contributed by atoms with Gasteiger partial charge in [0.05, 0.1) is 0 Å². The minimum Gasteiger partial charge on any atom is -0.336 e. The Labute approximate surface area is 88.8 Å². The molecule has 2 aromatic heterocycles. The second-order valence-electron chi connectivity index (χ2n) is 2.22. The van der Waals surface area contributed by atoms with Gasteiger partial charge in [0.15, 0.2) is 0 Å². The zero-order valence-electron chi connectivity index (χ0n) is 7.35. The Morgan fingerprint density at radius 2 is 1.40 bits per heavy atom. The second-order valence-corrected chi connectivity index (χ2v) is 3.67. The van der Waals surface area contributed by atoms with Crippen molar-refractivity contribution < 1.29 is 12.6 Å². The van der Waals surface area contributed by atoms with Gasteiger partial charge in [-0.2, -0.15) is 8.42 Å². The SMILES string of the molecule is O=S(=O)=c1[nH]cc[nH]1.O=S=c1[nH]cc[nH]1. The van der Waals surface area contributed by atoms with Crippen molar-refractivity contribution in [1.29, 1.82) is 0 Å². The van der Waals surface area contributed by atoms with Crippen LogP contribution in [-0.2, 0) is 21.5 Å². The Hall–Kier alpha value is -1.74. The van der Waals surface area contributed by atoms with Crippen molar-refractivity contribution in [2.24, 2.45) is 0 Å². The molecule has 0 aliphatic rings. The summed E-state index contributed by atoms with van der Waals surface area (Å²) in [6, 6.07) is 0. The predicted octanol–water partition coefficient (Wildman–Crippen LogP) is -0.158. The molecule has 82 valence electrons. The van der Waals surface area contributed by atoms with Gasteiger partial charge in [0.1, 0.15) is 11.3 Å². The first kappa shape index (κ1) is 11.3. The number of aromatic nitrogens is 4. The zero-order valence-corrected chi connectivity index (χ0v) is 8.98. The van der Waals surface area contributed by atoms with E-state index in [9.17, 15) is 12.6 Å². The van der Waals surface area contributed by atoms with E-state index < -0.39 is 10.3 Å². The summed E-state index contributed by atoms with van der Waals surface area (Å²) in [5.41, 5.74) is 0. The van der Waals surface area contributed by atoms with Crippen molar-refractivity contribution in [2.75, 3.05) is 0 Å². The smallest absolute Gasteiger partial charge is 0.255 e. The molecule has 0 amide bonds. The molecule has 0 aliphatic carbocycles. The molecule has 15 heavy (non-hydrogen) atoms. The summed E-state index contributed by atoms with van der Waals surface area (Å²) >= 11 is 0.414. The normalized spacial score (nSPS) is 8.80. The van der Waals surface area contributed by atoms with Gasteiger partial charge in [-0.3, -0.25) is 0 Å². The first-order valence-corrected chi connectivity index (χ1v) is 5.55. The van der Waals surface area contributed by atoms with Crippen LogP contribution in [0.5, 0.6) is 0 Å². The number of aromatic amines is 4. The van der Waals surface area contributed by atoms with Crippen molar-refractivity contribution in [3.8, 4) is 0 Å². The van der Waals surface area contributed by atoms with E-state index in [1.807, 2.05) is 0 Å². The average Bonchev–Trinajstić information content (AvgIpc) is 2.92. The van der Waals surface area contributed by atoms with Gasteiger partial charge in [0.25, 0.3) is 10.3 Å². The number of hydrogen-bond acceptors (Lipinski definition) is 3. The van der Waals surface area contributed by atoms with E-state index in [-0.39, 0.29) is 4.77 Å². The lowest BCUT2D eigenvalue weighted by atomic mass is 11.0. The van der Waals surface area contributed by atoms with Crippen LogP contribution >= 0.6 is 0 Å². The lowest BCUT2D eigenvalue weighted by molar-refractivity contribution is 0.623. The minimum atomic E-state index is -2.16. The molecule has 0 atom stereocenters. The fourth-order valence-electron chi connectivity index (χ4n) is 0.697. The highest BCUT2D eigenvalue weighted by atomic mass is 32.2. The maximum Gasteiger partial charge on any atom is 0.255 e. The minimum absolute atomic E-state index is 0.102. The van der Waals surface area contributed by atoms with Crippen molar-refractivity contribution in [3.63, 3.8) is 0 Å². The third-order valence-corrected chi connectivity index (χ3v) is 2.25. The third-order valence-electron chi connectivity index (χ3n) is 1.27. The van der Waals surface area contributed by atoms with Crippen LogP contribution in [0.2, 0.25) is 0 Å². The first-order chi connectivity index (χ1) is 7.24. The molecule has 9 heteroatoms. The monoisotopic (exact) mass is 248 g/mol. The van der Waals surface area contributed by atoms with Crippen LogP contribution in [-0.4, -0.2) is 32.6 Å². The maximum atomic E-state index is 10.00. The molecule has 4 N–H and O–H groups in total. The highest BCUT2D eigenvalue weighted by molar-refractivity contribution is 7.63. The van der Waals surface area contributed by atoms with Crippen molar-refractivity contribution in [3.05, 3.63) is 34.3 Å². The number of rotatable bonds is 0. The molecule has 0 aromatic carbocycles. The van der Waals surface area contributed by atoms with Crippen LogP contribution in [0.15, 0.2) is 24.8 Å². The molecule has 2 heterocycles. The van der Waals surface area contributed by atoms with E-state index in [2.05, 4.69) is 19.9 Å². The Bertz CT molecular complexity index is 611. The van der Waals surface area contributed by atoms with Gasteiger partial charge in [-0.1, -0.05) is 0 Å². The summed E-state index contributed by atoms with van der Waals surface area (Å²) in [5.74, 6) is 0. The summed E-state index contributed by atoms with van der Waals surface area (Å²) < 4.78 is 30.5. The Morgan fingerprint density at radius 1 is 0.933 bits per heavy atom. The van der Waals surface area contributed by atoms with Crippen molar-refractivity contribution in [1.82, 2.24) is 19.9 Å². The predicted molar refractivity (Wildman–Crippen MR) is 53.8 cm³/mol. The molecular weight excluding hydrogens is 240 g/mol. The van der Waals surface area contributed by atoms with E-state index in [0.29, 0.717) is 16.0 Å². The molecule has 0 unspecified atom stereocenters. The molecule has 0 aliphatic heterocycles. The quantitative estimate of drug-likeness (QED) is 0.486. The lowest BCUT2D eigenvalue weighted by Gasteiger charge is -1.58. The fourth-order valence-corrected chi connectivity index (χ4v) is 1.26. The molecule has 0 bridgehead atoms. The van der Waals surface area contributed by atoms with Crippen molar-refractivity contribution in [2.45, 2.75) is 0 Å². The van der Waals surface area contributed by atoms with E-state index in [0.717, 1.165) is 0 Å². The summed E-state index contributed by atoms with van der Waals surface area (Å²) in [6.45, 7) is 0. The second kappa shape index (κ2) is 5.88. The van der Waals surface area contributed by atoms with Crippen LogP contribution < -0.4 is 0 Å². The molecule has 7 nitrogen and oxygen atoms in total. The first-order valence-electron chi connectivity index (χ1n) is 3.73. The largest absolute Gasteiger partial charge is 0.336 e. The van der Waals surface area contributed by atoms with Gasteiger partial charge in [0, 0.05) is 24.8 Å². The van der Waals surface area contributed by atoms with Gasteiger partial charge >= 0.3 is 0 Å². The molecule has 0 saturated heterocycles. The fraction of sp³-hybridized carbons (Fsp3) is 0.